The number of benzene rings is 1. The standard InChI is InChI=1S/C12H15IN2O3/c1-8(6-7-11(16)17)14-12(18)15-10-5-3-2-4-9(10)13/h2-5,8H,6-7H2,1H3,(H,16,17)(H2,14,15,18). The highest BCUT2D eigenvalue weighted by Crippen LogP contribution is 2.16. The molecule has 0 radical (unpaired) electrons. The SMILES string of the molecule is CC(CCC(=O)O)NC(=O)Nc1ccccc1I. The van der Waals surface area contributed by atoms with Crippen LogP contribution in [0, 0.1) is 3.57 Å². The molecule has 3 N–H and O–H groups in total. The molecule has 6 heteroatoms. The van der Waals surface area contributed by atoms with Crippen molar-refractivity contribution in [3.63, 3.8) is 0 Å². The van der Waals surface area contributed by atoms with Gasteiger partial charge in [0, 0.05) is 16.0 Å². The van der Waals surface area contributed by atoms with Crippen molar-refractivity contribution < 1.29 is 14.7 Å². The lowest BCUT2D eigenvalue weighted by Gasteiger charge is -2.14. The van der Waals surface area contributed by atoms with Gasteiger partial charge in [-0.1, -0.05) is 12.1 Å². The summed E-state index contributed by atoms with van der Waals surface area (Å²) in [5, 5.41) is 14.0. The molecule has 0 bridgehead atoms. The van der Waals surface area contributed by atoms with Crippen LogP contribution in [0.1, 0.15) is 19.8 Å². The maximum Gasteiger partial charge on any atom is 0.319 e. The third kappa shape index (κ3) is 5.35. The first-order valence-corrected chi connectivity index (χ1v) is 6.60. The van der Waals surface area contributed by atoms with E-state index in [1.807, 2.05) is 24.3 Å². The van der Waals surface area contributed by atoms with Crippen molar-refractivity contribution in [3.8, 4) is 0 Å². The van der Waals surface area contributed by atoms with E-state index in [0.717, 1.165) is 9.26 Å². The van der Waals surface area contributed by atoms with Crippen LogP contribution in [0.5, 0.6) is 0 Å². The van der Waals surface area contributed by atoms with Gasteiger partial charge in [0.05, 0.1) is 5.69 Å². The number of aliphatic carboxylic acids is 1. The second kappa shape index (κ2) is 7.20. The second-order valence-electron chi connectivity index (χ2n) is 3.91. The number of amides is 2. The van der Waals surface area contributed by atoms with Crippen molar-refractivity contribution in [3.05, 3.63) is 27.8 Å². The van der Waals surface area contributed by atoms with E-state index < -0.39 is 5.97 Å². The zero-order chi connectivity index (χ0) is 13.5. The van der Waals surface area contributed by atoms with Gasteiger partial charge in [-0.05, 0) is 48.1 Å². The van der Waals surface area contributed by atoms with Crippen LogP contribution >= 0.6 is 22.6 Å². The van der Waals surface area contributed by atoms with Crippen LogP contribution in [0.4, 0.5) is 10.5 Å². The molecule has 0 aromatic heterocycles. The van der Waals surface area contributed by atoms with E-state index in [4.69, 9.17) is 5.11 Å². The molecule has 1 atom stereocenters. The highest BCUT2D eigenvalue weighted by molar-refractivity contribution is 14.1. The molecule has 1 aromatic rings. The fourth-order valence-electron chi connectivity index (χ4n) is 1.36. The molecule has 2 amide bonds. The first kappa shape index (κ1) is 14.7. The average molecular weight is 362 g/mol. The summed E-state index contributed by atoms with van der Waals surface area (Å²) in [6.45, 7) is 1.78. The van der Waals surface area contributed by atoms with Crippen LogP contribution < -0.4 is 10.6 Å². The number of hydrogen-bond donors (Lipinski definition) is 3. The van der Waals surface area contributed by atoms with Gasteiger partial charge in [-0.2, -0.15) is 0 Å². The predicted octanol–water partition coefficient (Wildman–Crippen LogP) is 2.67. The van der Waals surface area contributed by atoms with Gasteiger partial charge in [0.15, 0.2) is 0 Å². The summed E-state index contributed by atoms with van der Waals surface area (Å²) in [5.41, 5.74) is 0.737. The lowest BCUT2D eigenvalue weighted by Crippen LogP contribution is -2.36. The van der Waals surface area contributed by atoms with Gasteiger partial charge in [0.1, 0.15) is 0 Å². The minimum atomic E-state index is -0.860. The molecule has 0 fully saturated rings. The van der Waals surface area contributed by atoms with Crippen LogP contribution in [-0.2, 0) is 4.79 Å². The lowest BCUT2D eigenvalue weighted by atomic mass is 10.2. The van der Waals surface area contributed by atoms with Crippen molar-refractivity contribution in [2.45, 2.75) is 25.8 Å². The minimum Gasteiger partial charge on any atom is -0.481 e. The number of anilines is 1. The Balaban J connectivity index is 2.42. The monoisotopic (exact) mass is 362 g/mol. The molecule has 5 nitrogen and oxygen atoms in total. The predicted molar refractivity (Wildman–Crippen MR) is 77.6 cm³/mol. The number of carboxylic acids is 1. The van der Waals surface area contributed by atoms with Crippen molar-refractivity contribution in [1.29, 1.82) is 0 Å². The topological polar surface area (TPSA) is 78.4 Å². The number of rotatable bonds is 5. The maximum absolute atomic E-state index is 11.6. The minimum absolute atomic E-state index is 0.0460. The van der Waals surface area contributed by atoms with Crippen LogP contribution in [0.25, 0.3) is 0 Å². The second-order valence-corrected chi connectivity index (χ2v) is 5.07. The van der Waals surface area contributed by atoms with Crippen LogP contribution in [-0.4, -0.2) is 23.1 Å². The third-order valence-corrected chi connectivity index (χ3v) is 3.23. The zero-order valence-electron chi connectivity index (χ0n) is 9.94. The molecule has 1 rings (SSSR count). The molecule has 0 heterocycles. The number of hydrogen-bond acceptors (Lipinski definition) is 2. The number of para-hydroxylation sites is 1. The summed E-state index contributed by atoms with van der Waals surface area (Å²) < 4.78 is 0.948. The Morgan fingerprint density at radius 2 is 2.06 bits per heavy atom. The molecule has 0 spiro atoms. The summed E-state index contributed by atoms with van der Waals surface area (Å²) in [6.07, 6.45) is 0.457. The van der Waals surface area contributed by atoms with Crippen LogP contribution in [0.2, 0.25) is 0 Å². The van der Waals surface area contributed by atoms with Gasteiger partial charge in [-0.15, -0.1) is 0 Å². The van der Waals surface area contributed by atoms with Crippen molar-refractivity contribution in [2.75, 3.05) is 5.32 Å². The lowest BCUT2D eigenvalue weighted by molar-refractivity contribution is -0.137. The Kier molecular flexibility index (Phi) is 5.90. The Morgan fingerprint density at radius 3 is 2.67 bits per heavy atom. The van der Waals surface area contributed by atoms with Gasteiger partial charge in [0.2, 0.25) is 0 Å². The molecule has 0 saturated heterocycles. The Labute approximate surface area is 119 Å². The summed E-state index contributed by atoms with van der Waals surface area (Å²) >= 11 is 2.13. The molecule has 0 aliphatic rings. The Morgan fingerprint density at radius 1 is 1.39 bits per heavy atom. The normalized spacial score (nSPS) is 11.7. The number of nitrogens with one attached hydrogen (secondary N) is 2. The number of urea groups is 1. The summed E-state index contributed by atoms with van der Waals surface area (Å²) in [5.74, 6) is -0.860. The van der Waals surface area contributed by atoms with Crippen molar-refractivity contribution >= 4 is 40.3 Å². The molecule has 98 valence electrons. The van der Waals surface area contributed by atoms with E-state index in [1.54, 1.807) is 6.92 Å². The first-order chi connectivity index (χ1) is 8.49. The van der Waals surface area contributed by atoms with Gasteiger partial charge in [-0.25, -0.2) is 4.79 Å². The molecule has 0 aliphatic heterocycles. The number of carbonyl (C=O) groups is 2. The fraction of sp³-hybridized carbons (Fsp3) is 0.333. The Bertz CT molecular complexity index is 437. The molecule has 1 aromatic carbocycles. The van der Waals surface area contributed by atoms with E-state index in [0.29, 0.717) is 6.42 Å². The number of carbonyl (C=O) groups excluding carboxylic acids is 1. The van der Waals surface area contributed by atoms with Gasteiger partial charge in [0.25, 0.3) is 0 Å². The van der Waals surface area contributed by atoms with E-state index in [9.17, 15) is 9.59 Å². The molecular formula is C12H15IN2O3. The summed E-state index contributed by atoms with van der Waals surface area (Å²) in [6, 6.07) is 6.93. The molecule has 1 unspecified atom stereocenters. The molecule has 0 aliphatic carbocycles. The van der Waals surface area contributed by atoms with E-state index in [1.165, 1.54) is 0 Å². The van der Waals surface area contributed by atoms with E-state index in [-0.39, 0.29) is 18.5 Å². The maximum atomic E-state index is 11.6. The smallest absolute Gasteiger partial charge is 0.319 e. The first-order valence-electron chi connectivity index (χ1n) is 5.53. The largest absolute Gasteiger partial charge is 0.481 e. The zero-order valence-corrected chi connectivity index (χ0v) is 12.1. The Hall–Kier alpha value is -1.31. The fourth-order valence-corrected chi connectivity index (χ4v) is 1.88. The average Bonchev–Trinajstić information content (AvgIpc) is 2.29. The van der Waals surface area contributed by atoms with E-state index >= 15 is 0 Å². The van der Waals surface area contributed by atoms with Crippen molar-refractivity contribution in [1.82, 2.24) is 5.32 Å². The van der Waals surface area contributed by atoms with Gasteiger partial charge < -0.3 is 15.7 Å². The van der Waals surface area contributed by atoms with Gasteiger partial charge >= 0.3 is 12.0 Å². The summed E-state index contributed by atoms with van der Waals surface area (Å²) in [7, 11) is 0. The summed E-state index contributed by atoms with van der Waals surface area (Å²) in [4.78, 5) is 22.0. The quantitative estimate of drug-likeness (QED) is 0.705. The molecule has 0 saturated carbocycles. The molecule has 18 heavy (non-hydrogen) atoms. The highest BCUT2D eigenvalue weighted by Gasteiger charge is 2.10. The van der Waals surface area contributed by atoms with Crippen LogP contribution in [0.3, 0.4) is 0 Å². The third-order valence-electron chi connectivity index (χ3n) is 2.29. The number of carboxylic acid groups (broad SMARTS) is 1. The van der Waals surface area contributed by atoms with E-state index in [2.05, 4.69) is 33.2 Å². The van der Waals surface area contributed by atoms with Crippen LogP contribution in [0.15, 0.2) is 24.3 Å². The van der Waals surface area contributed by atoms with Gasteiger partial charge in [-0.3, -0.25) is 4.79 Å². The highest BCUT2D eigenvalue weighted by atomic mass is 127. The number of halogens is 1. The molecular weight excluding hydrogens is 347 g/mol. The van der Waals surface area contributed by atoms with Crippen molar-refractivity contribution in [2.24, 2.45) is 0 Å².